The normalized spacial score (nSPS) is 14.1. The van der Waals surface area contributed by atoms with Crippen molar-refractivity contribution in [2.75, 3.05) is 12.0 Å². The van der Waals surface area contributed by atoms with E-state index >= 15 is 0 Å². The van der Waals surface area contributed by atoms with Crippen LogP contribution in [0, 0.1) is 6.92 Å². The van der Waals surface area contributed by atoms with Crippen molar-refractivity contribution in [2.24, 2.45) is 4.99 Å². The van der Waals surface area contributed by atoms with Gasteiger partial charge in [0.25, 0.3) is 0 Å². The van der Waals surface area contributed by atoms with Crippen molar-refractivity contribution < 1.29 is 0 Å². The second-order valence-corrected chi connectivity index (χ2v) is 3.86. The summed E-state index contributed by atoms with van der Waals surface area (Å²) in [5, 5.41) is 3.28. The Bertz CT molecular complexity index is 382. The number of unbranched alkanes of at least 4 members (excludes halogenated alkanes) is 1. The first-order valence-electron chi connectivity index (χ1n) is 5.56. The Kier molecular flexibility index (Phi) is 2.99. The summed E-state index contributed by atoms with van der Waals surface area (Å²) in [6.45, 7) is 4.96. The summed E-state index contributed by atoms with van der Waals surface area (Å²) >= 11 is 0. The van der Waals surface area contributed by atoms with Crippen molar-refractivity contribution in [1.82, 2.24) is 4.98 Å². The summed E-state index contributed by atoms with van der Waals surface area (Å²) in [6, 6.07) is 2.03. The van der Waals surface area contributed by atoms with Crippen molar-refractivity contribution in [3.8, 4) is 0 Å². The van der Waals surface area contributed by atoms with Gasteiger partial charge in [0.1, 0.15) is 6.67 Å². The third kappa shape index (κ3) is 2.01. The number of hydrogen-bond acceptors (Lipinski definition) is 3. The quantitative estimate of drug-likeness (QED) is 0.820. The lowest BCUT2D eigenvalue weighted by atomic mass is 10.0. The number of rotatable bonds is 3. The van der Waals surface area contributed by atoms with Crippen LogP contribution in [0.25, 0.3) is 0 Å². The summed E-state index contributed by atoms with van der Waals surface area (Å²) in [4.78, 5) is 8.86. The predicted molar refractivity (Wildman–Crippen MR) is 63.5 cm³/mol. The first-order valence-corrected chi connectivity index (χ1v) is 5.56. The van der Waals surface area contributed by atoms with Crippen LogP contribution in [0.4, 0.5) is 5.69 Å². The number of pyridine rings is 1. The Labute approximate surface area is 90.6 Å². The largest absolute Gasteiger partial charge is 0.366 e. The van der Waals surface area contributed by atoms with Crippen LogP contribution in [0.1, 0.15) is 37.4 Å². The average molecular weight is 203 g/mol. The number of aromatic nitrogens is 1. The van der Waals surface area contributed by atoms with E-state index in [1.165, 1.54) is 29.8 Å². The van der Waals surface area contributed by atoms with Crippen LogP contribution in [-0.2, 0) is 0 Å². The highest BCUT2D eigenvalue weighted by molar-refractivity contribution is 6.06. The lowest BCUT2D eigenvalue weighted by Gasteiger charge is -2.19. The Morgan fingerprint density at radius 3 is 3.13 bits per heavy atom. The molecule has 80 valence electrons. The average Bonchev–Trinajstić information content (AvgIpc) is 2.26. The molecule has 0 bridgehead atoms. The van der Waals surface area contributed by atoms with E-state index < -0.39 is 0 Å². The first kappa shape index (κ1) is 10.1. The van der Waals surface area contributed by atoms with Crippen LogP contribution in [0.2, 0.25) is 0 Å². The minimum Gasteiger partial charge on any atom is -0.366 e. The molecular weight excluding hydrogens is 186 g/mol. The van der Waals surface area contributed by atoms with Gasteiger partial charge in [-0.25, -0.2) is 0 Å². The molecule has 0 aromatic carbocycles. The van der Waals surface area contributed by atoms with Gasteiger partial charge in [0.15, 0.2) is 0 Å². The molecule has 0 unspecified atom stereocenters. The molecule has 15 heavy (non-hydrogen) atoms. The highest BCUT2D eigenvalue weighted by Crippen LogP contribution is 2.23. The number of anilines is 1. The second-order valence-electron chi connectivity index (χ2n) is 3.86. The predicted octanol–water partition coefficient (Wildman–Crippen LogP) is 2.75. The third-order valence-electron chi connectivity index (χ3n) is 2.74. The number of nitrogens with one attached hydrogen (secondary N) is 1. The van der Waals surface area contributed by atoms with E-state index in [4.69, 9.17) is 0 Å². The van der Waals surface area contributed by atoms with Crippen LogP contribution in [0.15, 0.2) is 17.3 Å². The summed E-state index contributed by atoms with van der Waals surface area (Å²) in [5.74, 6) is 0. The molecule has 3 nitrogen and oxygen atoms in total. The zero-order valence-electron chi connectivity index (χ0n) is 9.38. The molecule has 3 heteroatoms. The molecule has 2 heterocycles. The number of nitrogens with zero attached hydrogens (tertiary/aromatic N) is 2. The van der Waals surface area contributed by atoms with Gasteiger partial charge in [0.05, 0.1) is 0 Å². The van der Waals surface area contributed by atoms with E-state index in [1.807, 2.05) is 19.2 Å². The summed E-state index contributed by atoms with van der Waals surface area (Å²) in [5.41, 5.74) is 4.70. The van der Waals surface area contributed by atoms with Crippen LogP contribution >= 0.6 is 0 Å². The number of aliphatic imine (C=N–C) groups is 1. The Morgan fingerprint density at radius 2 is 2.33 bits per heavy atom. The zero-order valence-corrected chi connectivity index (χ0v) is 9.38. The molecule has 1 aromatic rings. The molecule has 1 aromatic heterocycles. The molecule has 1 N–H and O–H groups in total. The Balaban J connectivity index is 2.32. The summed E-state index contributed by atoms with van der Waals surface area (Å²) in [6.07, 6.45) is 5.33. The van der Waals surface area contributed by atoms with Gasteiger partial charge in [-0.1, -0.05) is 13.3 Å². The Morgan fingerprint density at radius 1 is 1.47 bits per heavy atom. The van der Waals surface area contributed by atoms with Crippen molar-refractivity contribution in [3.63, 3.8) is 0 Å². The van der Waals surface area contributed by atoms with Gasteiger partial charge in [-0.05, 0) is 25.8 Å². The van der Waals surface area contributed by atoms with Crippen molar-refractivity contribution in [2.45, 2.75) is 33.1 Å². The van der Waals surface area contributed by atoms with Crippen LogP contribution in [-0.4, -0.2) is 17.4 Å². The molecule has 0 saturated carbocycles. The fourth-order valence-corrected chi connectivity index (χ4v) is 1.93. The lowest BCUT2D eigenvalue weighted by Crippen LogP contribution is -2.17. The molecule has 0 amide bonds. The fraction of sp³-hybridized carbons (Fsp3) is 0.500. The van der Waals surface area contributed by atoms with E-state index in [9.17, 15) is 0 Å². The summed E-state index contributed by atoms with van der Waals surface area (Å²) in [7, 11) is 0. The monoisotopic (exact) mass is 203 g/mol. The SMILES string of the molecule is CCCCC1=NCNc2ccnc(C)c21. The van der Waals surface area contributed by atoms with E-state index in [0.717, 1.165) is 12.1 Å². The lowest BCUT2D eigenvalue weighted by molar-refractivity contribution is 0.829. The maximum absolute atomic E-state index is 4.53. The highest BCUT2D eigenvalue weighted by Gasteiger charge is 2.15. The van der Waals surface area contributed by atoms with Gasteiger partial charge in [-0.2, -0.15) is 0 Å². The number of fused-ring (bicyclic) bond motifs is 1. The van der Waals surface area contributed by atoms with Gasteiger partial charge >= 0.3 is 0 Å². The second kappa shape index (κ2) is 4.43. The highest BCUT2D eigenvalue weighted by atomic mass is 15.0. The van der Waals surface area contributed by atoms with Gasteiger partial charge in [0.2, 0.25) is 0 Å². The van der Waals surface area contributed by atoms with Gasteiger partial charge in [0, 0.05) is 28.9 Å². The molecule has 0 fully saturated rings. The third-order valence-corrected chi connectivity index (χ3v) is 2.74. The van der Waals surface area contributed by atoms with Gasteiger partial charge in [-0.15, -0.1) is 0 Å². The van der Waals surface area contributed by atoms with Crippen molar-refractivity contribution in [1.29, 1.82) is 0 Å². The maximum atomic E-state index is 4.53. The number of hydrogen-bond donors (Lipinski definition) is 1. The standard InChI is InChI=1S/C12H17N3/c1-3-4-5-10-12-9(2)13-7-6-11(12)15-8-14-10/h6-7,15H,3-5,8H2,1-2H3. The minimum absolute atomic E-state index is 0.704. The van der Waals surface area contributed by atoms with Crippen LogP contribution in [0.3, 0.4) is 0 Å². The molecule has 0 saturated heterocycles. The molecular formula is C12H17N3. The molecule has 2 rings (SSSR count). The molecule has 0 atom stereocenters. The molecule has 1 aliphatic rings. The fourth-order valence-electron chi connectivity index (χ4n) is 1.93. The van der Waals surface area contributed by atoms with Crippen molar-refractivity contribution in [3.05, 3.63) is 23.5 Å². The number of aryl methyl sites for hydroxylation is 1. The van der Waals surface area contributed by atoms with Crippen LogP contribution in [0.5, 0.6) is 0 Å². The first-order chi connectivity index (χ1) is 7.33. The maximum Gasteiger partial charge on any atom is 0.108 e. The van der Waals surface area contributed by atoms with E-state index in [-0.39, 0.29) is 0 Å². The molecule has 0 spiro atoms. The molecule has 0 radical (unpaired) electrons. The van der Waals surface area contributed by atoms with Gasteiger partial charge in [-0.3, -0.25) is 9.98 Å². The van der Waals surface area contributed by atoms with Crippen LogP contribution < -0.4 is 5.32 Å². The van der Waals surface area contributed by atoms with Crippen molar-refractivity contribution >= 4 is 11.4 Å². The van der Waals surface area contributed by atoms with E-state index in [1.54, 1.807) is 0 Å². The smallest absolute Gasteiger partial charge is 0.108 e. The Hall–Kier alpha value is -1.38. The molecule has 1 aliphatic heterocycles. The van der Waals surface area contributed by atoms with Gasteiger partial charge < -0.3 is 5.32 Å². The van der Waals surface area contributed by atoms with E-state index in [0.29, 0.717) is 6.67 Å². The molecule has 0 aliphatic carbocycles. The topological polar surface area (TPSA) is 37.3 Å². The summed E-state index contributed by atoms with van der Waals surface area (Å²) < 4.78 is 0. The zero-order chi connectivity index (χ0) is 10.7. The minimum atomic E-state index is 0.704. The van der Waals surface area contributed by atoms with E-state index in [2.05, 4.69) is 22.2 Å².